The Hall–Kier alpha value is -3.69. The molecule has 174 valence electrons. The summed E-state index contributed by atoms with van der Waals surface area (Å²) in [5.41, 5.74) is 5.23. The Morgan fingerprint density at radius 1 is 1.03 bits per heavy atom. The third kappa shape index (κ3) is 6.90. The standard InChI is InChI=1S/C28H29N3O2S/c1-4-33-26-13-9-8-12-25(26)31-28(34-19-23-15-14-20(2)16-21(23)3)24(17-29)27(32)30-18-22-10-6-5-7-11-22/h5-16,31H,4,18-19H2,1-3H3,(H,30,32)/b28-24+. The minimum absolute atomic E-state index is 0.0389. The number of amides is 1. The molecule has 34 heavy (non-hydrogen) atoms. The smallest absolute Gasteiger partial charge is 0.264 e. The summed E-state index contributed by atoms with van der Waals surface area (Å²) in [4.78, 5) is 13.0. The van der Waals surface area contributed by atoms with Crippen molar-refractivity contribution in [3.63, 3.8) is 0 Å². The van der Waals surface area contributed by atoms with Crippen LogP contribution in [0.4, 0.5) is 5.69 Å². The van der Waals surface area contributed by atoms with Crippen molar-refractivity contribution in [2.45, 2.75) is 33.1 Å². The van der Waals surface area contributed by atoms with E-state index < -0.39 is 5.91 Å². The third-order valence-electron chi connectivity index (χ3n) is 5.17. The molecule has 5 nitrogen and oxygen atoms in total. The molecule has 2 N–H and O–H groups in total. The lowest BCUT2D eigenvalue weighted by molar-refractivity contribution is -0.117. The number of hydrogen-bond donors (Lipinski definition) is 2. The van der Waals surface area contributed by atoms with Crippen molar-refractivity contribution in [1.82, 2.24) is 5.32 Å². The van der Waals surface area contributed by atoms with E-state index in [4.69, 9.17) is 4.74 Å². The Labute approximate surface area is 205 Å². The zero-order chi connectivity index (χ0) is 24.3. The van der Waals surface area contributed by atoms with Gasteiger partial charge in [-0.05, 0) is 49.6 Å². The molecule has 0 bridgehead atoms. The van der Waals surface area contributed by atoms with Crippen LogP contribution in [-0.2, 0) is 17.1 Å². The molecule has 0 heterocycles. The number of hydrogen-bond acceptors (Lipinski definition) is 5. The van der Waals surface area contributed by atoms with Crippen molar-refractivity contribution in [3.8, 4) is 11.8 Å². The highest BCUT2D eigenvalue weighted by molar-refractivity contribution is 8.02. The van der Waals surface area contributed by atoms with Gasteiger partial charge in [0.2, 0.25) is 0 Å². The zero-order valence-electron chi connectivity index (χ0n) is 19.7. The average Bonchev–Trinajstić information content (AvgIpc) is 2.84. The van der Waals surface area contributed by atoms with Crippen LogP contribution in [0.25, 0.3) is 0 Å². The predicted molar refractivity (Wildman–Crippen MR) is 139 cm³/mol. The molecule has 3 aromatic rings. The van der Waals surface area contributed by atoms with Gasteiger partial charge in [0.1, 0.15) is 17.4 Å². The maximum atomic E-state index is 13.0. The van der Waals surface area contributed by atoms with E-state index >= 15 is 0 Å². The molecule has 3 aromatic carbocycles. The van der Waals surface area contributed by atoms with Crippen molar-refractivity contribution in [2.75, 3.05) is 11.9 Å². The fourth-order valence-electron chi connectivity index (χ4n) is 3.37. The molecule has 0 fully saturated rings. The molecule has 6 heteroatoms. The van der Waals surface area contributed by atoms with Gasteiger partial charge < -0.3 is 15.4 Å². The second-order valence-electron chi connectivity index (χ2n) is 7.76. The maximum absolute atomic E-state index is 13.0. The molecule has 0 saturated carbocycles. The molecule has 0 aromatic heterocycles. The van der Waals surface area contributed by atoms with Crippen molar-refractivity contribution in [1.29, 1.82) is 5.26 Å². The SMILES string of the molecule is CCOc1ccccc1N/C(SCc1ccc(C)cc1C)=C(/C#N)C(=O)NCc1ccccc1. The lowest BCUT2D eigenvalue weighted by Gasteiger charge is -2.17. The van der Waals surface area contributed by atoms with Gasteiger partial charge in [-0.15, -0.1) is 11.8 Å². The lowest BCUT2D eigenvalue weighted by Crippen LogP contribution is -2.25. The Morgan fingerprint density at radius 3 is 2.47 bits per heavy atom. The molecule has 0 saturated heterocycles. The monoisotopic (exact) mass is 471 g/mol. The Bertz CT molecular complexity index is 1200. The Kier molecular flexibility index (Phi) is 9.19. The fourth-order valence-corrected chi connectivity index (χ4v) is 4.46. The van der Waals surface area contributed by atoms with Gasteiger partial charge in [-0.25, -0.2) is 0 Å². The Balaban J connectivity index is 1.90. The summed E-state index contributed by atoms with van der Waals surface area (Å²) in [6.45, 7) is 6.90. The number of nitrogens with one attached hydrogen (secondary N) is 2. The molecule has 3 rings (SSSR count). The second kappa shape index (κ2) is 12.5. The molecule has 0 radical (unpaired) electrons. The lowest BCUT2D eigenvalue weighted by atomic mass is 10.1. The van der Waals surface area contributed by atoms with Crippen molar-refractivity contribution in [3.05, 3.63) is 106 Å². The number of para-hydroxylation sites is 2. The van der Waals surface area contributed by atoms with Crippen LogP contribution < -0.4 is 15.4 Å². The summed E-state index contributed by atoms with van der Waals surface area (Å²) in [7, 11) is 0. The highest BCUT2D eigenvalue weighted by atomic mass is 32.2. The fraction of sp³-hybridized carbons (Fsp3) is 0.214. The molecule has 0 spiro atoms. The molecule has 0 aliphatic rings. The van der Waals surface area contributed by atoms with Gasteiger partial charge >= 0.3 is 0 Å². The number of aryl methyl sites for hydroxylation is 2. The van der Waals surface area contributed by atoms with Crippen LogP contribution in [0.2, 0.25) is 0 Å². The third-order valence-corrected chi connectivity index (χ3v) is 6.22. The van der Waals surface area contributed by atoms with E-state index in [1.807, 2.05) is 61.5 Å². The maximum Gasteiger partial charge on any atom is 0.264 e. The van der Waals surface area contributed by atoms with Crippen molar-refractivity contribution >= 4 is 23.4 Å². The van der Waals surface area contributed by atoms with E-state index in [1.165, 1.54) is 22.9 Å². The zero-order valence-corrected chi connectivity index (χ0v) is 20.5. The van der Waals surface area contributed by atoms with Gasteiger partial charge in [-0.3, -0.25) is 4.79 Å². The van der Waals surface area contributed by atoms with E-state index in [2.05, 4.69) is 48.7 Å². The van der Waals surface area contributed by atoms with Crippen LogP contribution >= 0.6 is 11.8 Å². The first-order chi connectivity index (χ1) is 16.5. The first kappa shape index (κ1) is 24.9. The highest BCUT2D eigenvalue weighted by Crippen LogP contribution is 2.32. The van der Waals surface area contributed by atoms with Crippen LogP contribution in [-0.4, -0.2) is 12.5 Å². The van der Waals surface area contributed by atoms with E-state index in [0.717, 1.165) is 11.1 Å². The van der Waals surface area contributed by atoms with Gasteiger partial charge in [0, 0.05) is 12.3 Å². The predicted octanol–water partition coefficient (Wildman–Crippen LogP) is 6.10. The van der Waals surface area contributed by atoms with Gasteiger partial charge in [0.15, 0.2) is 0 Å². The summed E-state index contributed by atoms with van der Waals surface area (Å²) in [5, 5.41) is 16.6. The quantitative estimate of drug-likeness (QED) is 0.276. The molecule has 0 aliphatic heterocycles. The number of ether oxygens (including phenoxy) is 1. The number of nitrogens with zero attached hydrogens (tertiary/aromatic N) is 1. The van der Waals surface area contributed by atoms with Crippen molar-refractivity contribution < 1.29 is 9.53 Å². The molecular formula is C28H29N3O2S. The minimum Gasteiger partial charge on any atom is -0.492 e. The largest absolute Gasteiger partial charge is 0.492 e. The van der Waals surface area contributed by atoms with Gasteiger partial charge in [0.05, 0.1) is 17.3 Å². The van der Waals surface area contributed by atoms with Crippen LogP contribution in [0.5, 0.6) is 5.75 Å². The first-order valence-corrected chi connectivity index (χ1v) is 12.1. The number of nitriles is 1. The number of carbonyl (C=O) groups excluding carboxylic acids is 1. The molecule has 0 atom stereocenters. The number of anilines is 1. The van der Waals surface area contributed by atoms with Gasteiger partial charge in [-0.2, -0.15) is 5.26 Å². The number of rotatable bonds is 10. The number of benzene rings is 3. The normalized spacial score (nSPS) is 11.2. The van der Waals surface area contributed by atoms with E-state index in [9.17, 15) is 10.1 Å². The van der Waals surface area contributed by atoms with E-state index in [1.54, 1.807) is 0 Å². The van der Waals surface area contributed by atoms with Gasteiger partial charge in [-0.1, -0.05) is 66.2 Å². The van der Waals surface area contributed by atoms with E-state index in [-0.39, 0.29) is 5.57 Å². The van der Waals surface area contributed by atoms with Crippen molar-refractivity contribution in [2.24, 2.45) is 0 Å². The topological polar surface area (TPSA) is 74.1 Å². The number of thioether (sulfide) groups is 1. The van der Waals surface area contributed by atoms with Crippen LogP contribution in [0.1, 0.15) is 29.2 Å². The number of carbonyl (C=O) groups is 1. The first-order valence-electron chi connectivity index (χ1n) is 11.2. The molecule has 0 aliphatic carbocycles. The Morgan fingerprint density at radius 2 is 1.76 bits per heavy atom. The summed E-state index contributed by atoms with van der Waals surface area (Å²) in [6, 6.07) is 25.5. The minimum atomic E-state index is -0.420. The summed E-state index contributed by atoms with van der Waals surface area (Å²) < 4.78 is 5.73. The summed E-state index contributed by atoms with van der Waals surface area (Å²) in [5.74, 6) is 0.857. The van der Waals surface area contributed by atoms with E-state index in [0.29, 0.717) is 35.4 Å². The highest BCUT2D eigenvalue weighted by Gasteiger charge is 2.18. The van der Waals surface area contributed by atoms with Gasteiger partial charge in [0.25, 0.3) is 5.91 Å². The van der Waals surface area contributed by atoms with Crippen LogP contribution in [0, 0.1) is 25.2 Å². The summed E-state index contributed by atoms with van der Waals surface area (Å²) in [6.07, 6.45) is 0. The second-order valence-corrected chi connectivity index (χ2v) is 8.74. The summed E-state index contributed by atoms with van der Waals surface area (Å²) >= 11 is 1.43. The van der Waals surface area contributed by atoms with Crippen LogP contribution in [0.3, 0.4) is 0 Å². The molecule has 0 unspecified atom stereocenters. The molecule has 1 amide bonds. The average molecular weight is 472 g/mol. The molecular weight excluding hydrogens is 442 g/mol. The van der Waals surface area contributed by atoms with Crippen LogP contribution in [0.15, 0.2) is 83.4 Å².